The molecule has 0 unspecified atom stereocenters. The van der Waals surface area contributed by atoms with Crippen LogP contribution in [0.4, 0.5) is 13.2 Å². The number of hydrazone groups is 1. The molecule has 35 heavy (non-hydrogen) atoms. The predicted octanol–water partition coefficient (Wildman–Crippen LogP) is 5.41. The van der Waals surface area contributed by atoms with Gasteiger partial charge in [-0.2, -0.15) is 18.3 Å². The summed E-state index contributed by atoms with van der Waals surface area (Å²) in [5, 5.41) is 4.37. The number of halogens is 4. The highest BCUT2D eigenvalue weighted by Crippen LogP contribution is 2.31. The Kier molecular flexibility index (Phi) is 7.37. The molecule has 0 spiro atoms. The highest BCUT2D eigenvalue weighted by molar-refractivity contribution is 9.10. The molecular weight excluding hydrogens is 545 g/mol. The number of aromatic nitrogens is 2. The summed E-state index contributed by atoms with van der Waals surface area (Å²) in [7, 11) is 0. The van der Waals surface area contributed by atoms with E-state index in [4.69, 9.17) is 0 Å². The van der Waals surface area contributed by atoms with E-state index in [1.54, 1.807) is 48.5 Å². The molecule has 0 saturated heterocycles. The topological polar surface area (TPSA) is 76.3 Å². The number of hydrogen-bond donors (Lipinski definition) is 1. The molecule has 3 aromatic carbocycles. The molecule has 11 heteroatoms. The summed E-state index contributed by atoms with van der Waals surface area (Å²) in [5.41, 5.74) is 1.95. The molecule has 0 atom stereocenters. The maximum atomic E-state index is 13.2. The molecule has 0 radical (unpaired) electrons. The van der Waals surface area contributed by atoms with Gasteiger partial charge < -0.3 is 0 Å². The molecular formula is C24H16BrF3N4O2S. The van der Waals surface area contributed by atoms with E-state index in [2.05, 4.69) is 31.4 Å². The van der Waals surface area contributed by atoms with Crippen molar-refractivity contribution in [3.8, 4) is 5.69 Å². The van der Waals surface area contributed by atoms with Gasteiger partial charge in [0.1, 0.15) is 0 Å². The number of thioether (sulfide) groups is 1. The minimum absolute atomic E-state index is 0.167. The number of benzene rings is 3. The Bertz CT molecular complexity index is 1470. The highest BCUT2D eigenvalue weighted by Gasteiger charge is 2.32. The summed E-state index contributed by atoms with van der Waals surface area (Å²) < 4.78 is 41.5. The van der Waals surface area contributed by atoms with Crippen molar-refractivity contribution in [3.05, 3.63) is 98.7 Å². The van der Waals surface area contributed by atoms with E-state index in [1.807, 2.05) is 0 Å². The first kappa shape index (κ1) is 24.7. The molecule has 1 heterocycles. The van der Waals surface area contributed by atoms with Crippen molar-refractivity contribution in [1.29, 1.82) is 0 Å². The molecule has 0 fully saturated rings. The first-order valence-electron chi connectivity index (χ1n) is 10.1. The number of hydrogen-bond acceptors (Lipinski definition) is 5. The van der Waals surface area contributed by atoms with E-state index in [-0.39, 0.29) is 22.0 Å². The van der Waals surface area contributed by atoms with Gasteiger partial charge in [-0.25, -0.2) is 10.4 Å². The highest BCUT2D eigenvalue weighted by atomic mass is 79.9. The first-order valence-corrected chi connectivity index (χ1v) is 11.9. The van der Waals surface area contributed by atoms with Gasteiger partial charge in [-0.05, 0) is 42.5 Å². The average Bonchev–Trinajstić information content (AvgIpc) is 2.83. The molecule has 0 saturated carbocycles. The number of fused-ring (bicyclic) bond motifs is 1. The lowest BCUT2D eigenvalue weighted by atomic mass is 10.1. The van der Waals surface area contributed by atoms with E-state index < -0.39 is 17.6 Å². The number of nitrogens with zero attached hydrogens (tertiary/aromatic N) is 3. The number of amides is 1. The lowest BCUT2D eigenvalue weighted by molar-refractivity contribution is -0.137. The first-order chi connectivity index (χ1) is 16.7. The molecule has 0 aliphatic heterocycles. The third-order valence-corrected chi connectivity index (χ3v) is 6.29. The van der Waals surface area contributed by atoms with E-state index in [1.165, 1.54) is 22.8 Å². The number of nitrogens with one attached hydrogen (secondary N) is 1. The molecule has 0 aliphatic carbocycles. The van der Waals surface area contributed by atoms with Crippen LogP contribution in [0.2, 0.25) is 0 Å². The van der Waals surface area contributed by atoms with Gasteiger partial charge in [0, 0.05) is 10.0 Å². The van der Waals surface area contributed by atoms with Gasteiger partial charge in [0.05, 0.1) is 34.1 Å². The van der Waals surface area contributed by atoms with E-state index >= 15 is 0 Å². The lowest BCUT2D eigenvalue weighted by Gasteiger charge is -2.13. The molecule has 178 valence electrons. The van der Waals surface area contributed by atoms with Crippen LogP contribution < -0.4 is 11.0 Å². The maximum absolute atomic E-state index is 13.2. The third kappa shape index (κ3) is 5.80. The SMILES string of the molecule is O=C(CSc1nc2ccccc2c(=O)n1-c1ccc(Br)cc1)N/N=C\c1ccccc1C(F)(F)F. The van der Waals surface area contributed by atoms with Gasteiger partial charge in [0.25, 0.3) is 11.5 Å². The lowest BCUT2D eigenvalue weighted by Crippen LogP contribution is -2.24. The summed E-state index contributed by atoms with van der Waals surface area (Å²) >= 11 is 4.37. The quantitative estimate of drug-likeness (QED) is 0.148. The maximum Gasteiger partial charge on any atom is 0.417 e. The minimum atomic E-state index is -4.54. The zero-order valence-corrected chi connectivity index (χ0v) is 20.2. The Morgan fingerprint density at radius 2 is 1.74 bits per heavy atom. The summed E-state index contributed by atoms with van der Waals surface area (Å²) in [6.45, 7) is 0. The number of para-hydroxylation sites is 1. The van der Waals surface area contributed by atoms with Crippen LogP contribution in [-0.4, -0.2) is 27.4 Å². The van der Waals surface area contributed by atoms with E-state index in [9.17, 15) is 22.8 Å². The molecule has 0 bridgehead atoms. The van der Waals surface area contributed by atoms with Gasteiger partial charge in [-0.3, -0.25) is 14.2 Å². The second-order valence-corrected chi connectivity index (χ2v) is 9.05. The van der Waals surface area contributed by atoms with Crippen LogP contribution in [-0.2, 0) is 11.0 Å². The van der Waals surface area contributed by atoms with Crippen LogP contribution in [0.15, 0.2) is 92.3 Å². The van der Waals surface area contributed by atoms with Crippen molar-refractivity contribution >= 4 is 50.7 Å². The molecule has 4 rings (SSSR count). The molecule has 4 aromatic rings. The second kappa shape index (κ2) is 10.4. The Balaban J connectivity index is 1.55. The number of carbonyl (C=O) groups is 1. The number of alkyl halides is 3. The Hall–Kier alpha value is -3.44. The molecule has 1 aromatic heterocycles. The number of rotatable bonds is 6. The summed E-state index contributed by atoms with van der Waals surface area (Å²) in [5.74, 6) is -0.736. The Morgan fingerprint density at radius 3 is 2.49 bits per heavy atom. The monoisotopic (exact) mass is 560 g/mol. The largest absolute Gasteiger partial charge is 0.417 e. The minimum Gasteiger partial charge on any atom is -0.272 e. The summed E-state index contributed by atoms with van der Waals surface area (Å²) in [6.07, 6.45) is -3.60. The van der Waals surface area contributed by atoms with Crippen LogP contribution in [0, 0.1) is 0 Å². The van der Waals surface area contributed by atoms with Crippen molar-refractivity contribution in [3.63, 3.8) is 0 Å². The van der Waals surface area contributed by atoms with Gasteiger partial charge in [-0.15, -0.1) is 0 Å². The normalized spacial score (nSPS) is 11.8. The van der Waals surface area contributed by atoms with Crippen molar-refractivity contribution in [2.24, 2.45) is 5.10 Å². The van der Waals surface area contributed by atoms with Crippen LogP contribution in [0.5, 0.6) is 0 Å². The van der Waals surface area contributed by atoms with Crippen LogP contribution >= 0.6 is 27.7 Å². The van der Waals surface area contributed by atoms with Crippen molar-refractivity contribution in [2.45, 2.75) is 11.3 Å². The Labute approximate surface area is 210 Å². The van der Waals surface area contributed by atoms with Gasteiger partial charge in [0.2, 0.25) is 0 Å². The zero-order valence-electron chi connectivity index (χ0n) is 17.8. The third-order valence-electron chi connectivity index (χ3n) is 4.82. The van der Waals surface area contributed by atoms with Gasteiger partial charge >= 0.3 is 6.18 Å². The van der Waals surface area contributed by atoms with Crippen LogP contribution in [0.25, 0.3) is 16.6 Å². The Morgan fingerprint density at radius 1 is 1.06 bits per heavy atom. The smallest absolute Gasteiger partial charge is 0.272 e. The molecule has 1 N–H and O–H groups in total. The predicted molar refractivity (Wildman–Crippen MR) is 133 cm³/mol. The van der Waals surface area contributed by atoms with Gasteiger partial charge in [-0.1, -0.05) is 58.0 Å². The second-order valence-electron chi connectivity index (χ2n) is 7.20. The number of carbonyl (C=O) groups excluding carboxylic acids is 1. The van der Waals surface area contributed by atoms with Gasteiger partial charge in [0.15, 0.2) is 5.16 Å². The fourth-order valence-corrected chi connectivity index (χ4v) is 4.30. The fraction of sp³-hybridized carbons (Fsp3) is 0.0833. The average molecular weight is 561 g/mol. The molecule has 1 amide bonds. The van der Waals surface area contributed by atoms with Crippen LogP contribution in [0.1, 0.15) is 11.1 Å². The van der Waals surface area contributed by atoms with Crippen molar-refractivity contribution < 1.29 is 18.0 Å². The zero-order chi connectivity index (χ0) is 25.0. The molecule has 0 aliphatic rings. The van der Waals surface area contributed by atoms with E-state index in [0.29, 0.717) is 16.6 Å². The van der Waals surface area contributed by atoms with Crippen LogP contribution in [0.3, 0.4) is 0 Å². The van der Waals surface area contributed by atoms with Crippen molar-refractivity contribution in [1.82, 2.24) is 15.0 Å². The molecule has 6 nitrogen and oxygen atoms in total. The summed E-state index contributed by atoms with van der Waals surface area (Å²) in [6, 6.07) is 18.8. The fourth-order valence-electron chi connectivity index (χ4n) is 3.23. The van der Waals surface area contributed by atoms with Crippen molar-refractivity contribution in [2.75, 3.05) is 5.75 Å². The summed E-state index contributed by atoms with van der Waals surface area (Å²) in [4.78, 5) is 30.1. The van der Waals surface area contributed by atoms with E-state index in [0.717, 1.165) is 28.5 Å². The standard InChI is InChI=1S/C24H16BrF3N4O2S/c25-16-9-11-17(12-10-16)32-22(34)18-6-2-4-8-20(18)30-23(32)35-14-21(33)31-29-13-15-5-1-3-7-19(15)24(26,27)28/h1-13H,14H2,(H,31,33)/b29-13-.